The summed E-state index contributed by atoms with van der Waals surface area (Å²) in [6, 6.07) is 5.41. The highest BCUT2D eigenvalue weighted by Crippen LogP contribution is 2.26. The van der Waals surface area contributed by atoms with Crippen molar-refractivity contribution in [3.8, 4) is 0 Å². The summed E-state index contributed by atoms with van der Waals surface area (Å²) in [5, 5.41) is 12.8. The first-order valence-corrected chi connectivity index (χ1v) is 5.72. The summed E-state index contributed by atoms with van der Waals surface area (Å²) < 4.78 is 0. The number of hydrogen-bond acceptors (Lipinski definition) is 3. The molecule has 4 heteroatoms. The monoisotopic (exact) mass is 242 g/mol. The molecule has 1 rings (SSSR count). The molecule has 90 valence electrons. The molecular formula is C12H19ClN2O. The highest BCUT2D eigenvalue weighted by Gasteiger charge is 2.17. The molecule has 1 aromatic carbocycles. The Bertz CT molecular complexity index is 353. The van der Waals surface area contributed by atoms with Gasteiger partial charge in [-0.05, 0) is 30.0 Å². The zero-order valence-electron chi connectivity index (χ0n) is 9.76. The van der Waals surface area contributed by atoms with Gasteiger partial charge in [-0.15, -0.1) is 0 Å². The van der Waals surface area contributed by atoms with E-state index in [-0.39, 0.29) is 12.0 Å². The minimum atomic E-state index is 0.0411. The van der Waals surface area contributed by atoms with Crippen LogP contribution in [0.25, 0.3) is 0 Å². The first-order chi connectivity index (χ1) is 7.44. The first-order valence-electron chi connectivity index (χ1n) is 5.34. The van der Waals surface area contributed by atoms with Gasteiger partial charge >= 0.3 is 0 Å². The van der Waals surface area contributed by atoms with Gasteiger partial charge in [-0.2, -0.15) is 0 Å². The van der Waals surface area contributed by atoms with Gasteiger partial charge in [0.15, 0.2) is 0 Å². The van der Waals surface area contributed by atoms with Gasteiger partial charge in [0.05, 0.1) is 10.7 Å². The van der Waals surface area contributed by atoms with Crippen LogP contribution in [0.2, 0.25) is 5.02 Å². The van der Waals surface area contributed by atoms with Gasteiger partial charge in [0.25, 0.3) is 0 Å². The Balaban J connectivity index is 2.61. The fourth-order valence-electron chi connectivity index (χ4n) is 1.40. The van der Waals surface area contributed by atoms with Crippen molar-refractivity contribution < 1.29 is 5.11 Å². The molecule has 3 nitrogen and oxygen atoms in total. The summed E-state index contributed by atoms with van der Waals surface area (Å²) in [7, 11) is 0. The number of anilines is 2. The molecule has 0 spiro atoms. The molecule has 0 bridgehead atoms. The van der Waals surface area contributed by atoms with Crippen LogP contribution in [0.3, 0.4) is 0 Å². The Morgan fingerprint density at radius 2 is 2.12 bits per heavy atom. The summed E-state index contributed by atoms with van der Waals surface area (Å²) >= 11 is 6.04. The van der Waals surface area contributed by atoms with E-state index in [4.69, 9.17) is 22.4 Å². The van der Waals surface area contributed by atoms with E-state index in [0.717, 1.165) is 18.7 Å². The second-order valence-electron chi connectivity index (χ2n) is 4.73. The highest BCUT2D eigenvalue weighted by molar-refractivity contribution is 6.33. The second-order valence-corrected chi connectivity index (χ2v) is 5.14. The average molecular weight is 243 g/mol. The Morgan fingerprint density at radius 3 is 2.69 bits per heavy atom. The van der Waals surface area contributed by atoms with Crippen molar-refractivity contribution >= 4 is 23.0 Å². The van der Waals surface area contributed by atoms with E-state index in [1.165, 1.54) is 0 Å². The molecule has 0 saturated carbocycles. The highest BCUT2D eigenvalue weighted by atomic mass is 35.5. The Hall–Kier alpha value is -0.930. The van der Waals surface area contributed by atoms with Crippen LogP contribution in [-0.2, 0) is 0 Å². The fraction of sp³-hybridized carbons (Fsp3) is 0.500. The molecule has 0 heterocycles. The third-order valence-electron chi connectivity index (χ3n) is 2.54. The van der Waals surface area contributed by atoms with Crippen molar-refractivity contribution in [1.82, 2.24) is 0 Å². The number of halogens is 1. The smallest absolute Gasteiger partial charge is 0.0657 e. The number of nitrogens with one attached hydrogen (secondary N) is 1. The van der Waals surface area contributed by atoms with Gasteiger partial charge in [0.1, 0.15) is 0 Å². The molecule has 0 fully saturated rings. The fourth-order valence-corrected chi connectivity index (χ4v) is 1.66. The van der Waals surface area contributed by atoms with Crippen LogP contribution in [0.4, 0.5) is 11.4 Å². The predicted octanol–water partition coefficient (Wildman–Crippen LogP) is 2.74. The van der Waals surface area contributed by atoms with E-state index in [0.29, 0.717) is 10.7 Å². The van der Waals surface area contributed by atoms with Crippen molar-refractivity contribution in [2.45, 2.75) is 20.3 Å². The van der Waals surface area contributed by atoms with Gasteiger partial charge in [-0.3, -0.25) is 0 Å². The topological polar surface area (TPSA) is 58.3 Å². The SMILES string of the molecule is CC(C)(CCO)CNc1ccc(N)cc1Cl. The number of aliphatic hydroxyl groups is 1. The van der Waals surface area contributed by atoms with E-state index in [1.807, 2.05) is 12.1 Å². The maximum absolute atomic E-state index is 8.92. The van der Waals surface area contributed by atoms with Crippen LogP contribution < -0.4 is 11.1 Å². The second kappa shape index (κ2) is 5.41. The van der Waals surface area contributed by atoms with E-state index in [2.05, 4.69) is 19.2 Å². The third kappa shape index (κ3) is 3.91. The molecule has 0 aliphatic carbocycles. The summed E-state index contributed by atoms with van der Waals surface area (Å²) in [4.78, 5) is 0. The zero-order valence-corrected chi connectivity index (χ0v) is 10.5. The lowest BCUT2D eigenvalue weighted by atomic mass is 9.89. The van der Waals surface area contributed by atoms with E-state index in [9.17, 15) is 0 Å². The van der Waals surface area contributed by atoms with E-state index < -0.39 is 0 Å². The lowest BCUT2D eigenvalue weighted by Gasteiger charge is -2.24. The minimum Gasteiger partial charge on any atom is -0.399 e. The average Bonchev–Trinajstić information content (AvgIpc) is 2.16. The van der Waals surface area contributed by atoms with Gasteiger partial charge in [0.2, 0.25) is 0 Å². The number of nitrogen functional groups attached to an aromatic ring is 1. The van der Waals surface area contributed by atoms with Gasteiger partial charge in [-0.1, -0.05) is 25.4 Å². The molecule has 0 radical (unpaired) electrons. The Labute approximate surface area is 102 Å². The summed E-state index contributed by atoms with van der Waals surface area (Å²) in [5.41, 5.74) is 7.19. The number of rotatable bonds is 5. The third-order valence-corrected chi connectivity index (χ3v) is 2.85. The van der Waals surface area contributed by atoms with Crippen molar-refractivity contribution in [2.24, 2.45) is 5.41 Å². The molecule has 0 atom stereocenters. The summed E-state index contributed by atoms with van der Waals surface area (Å²) in [5.74, 6) is 0. The van der Waals surface area contributed by atoms with Crippen molar-refractivity contribution in [1.29, 1.82) is 0 Å². The van der Waals surface area contributed by atoms with Crippen LogP contribution in [-0.4, -0.2) is 18.3 Å². The predicted molar refractivity (Wildman–Crippen MR) is 69.8 cm³/mol. The summed E-state index contributed by atoms with van der Waals surface area (Å²) in [6.45, 7) is 5.16. The molecule has 0 aliphatic heterocycles. The van der Waals surface area contributed by atoms with Crippen LogP contribution in [0.5, 0.6) is 0 Å². The molecule has 0 amide bonds. The van der Waals surface area contributed by atoms with Crippen molar-refractivity contribution in [3.05, 3.63) is 23.2 Å². The number of benzene rings is 1. The van der Waals surface area contributed by atoms with Gasteiger partial charge < -0.3 is 16.2 Å². The van der Waals surface area contributed by atoms with Crippen molar-refractivity contribution in [2.75, 3.05) is 24.2 Å². The standard InChI is InChI=1S/C12H19ClN2O/c1-12(2,5-6-16)8-15-11-4-3-9(14)7-10(11)13/h3-4,7,15-16H,5-6,8,14H2,1-2H3. The largest absolute Gasteiger partial charge is 0.399 e. The quantitative estimate of drug-likeness (QED) is 0.696. The minimum absolute atomic E-state index is 0.0411. The van der Waals surface area contributed by atoms with Crippen LogP contribution in [0.15, 0.2) is 18.2 Å². The van der Waals surface area contributed by atoms with E-state index >= 15 is 0 Å². The first kappa shape index (κ1) is 13.1. The lowest BCUT2D eigenvalue weighted by Crippen LogP contribution is -2.24. The molecule has 4 N–H and O–H groups in total. The number of hydrogen-bond donors (Lipinski definition) is 3. The van der Waals surface area contributed by atoms with Crippen molar-refractivity contribution in [3.63, 3.8) is 0 Å². The molecule has 0 unspecified atom stereocenters. The summed E-state index contributed by atoms with van der Waals surface area (Å²) in [6.07, 6.45) is 0.757. The molecule has 1 aromatic rings. The maximum atomic E-state index is 8.92. The molecule has 16 heavy (non-hydrogen) atoms. The van der Waals surface area contributed by atoms with Crippen LogP contribution in [0, 0.1) is 5.41 Å². The van der Waals surface area contributed by atoms with E-state index in [1.54, 1.807) is 6.07 Å². The zero-order chi connectivity index (χ0) is 12.2. The molecule has 0 aliphatic rings. The molecule has 0 saturated heterocycles. The van der Waals surface area contributed by atoms with Crippen LogP contribution >= 0.6 is 11.6 Å². The van der Waals surface area contributed by atoms with Gasteiger partial charge in [-0.25, -0.2) is 0 Å². The number of aliphatic hydroxyl groups excluding tert-OH is 1. The molecular weight excluding hydrogens is 224 g/mol. The maximum Gasteiger partial charge on any atom is 0.0657 e. The normalized spacial score (nSPS) is 11.5. The Morgan fingerprint density at radius 1 is 1.44 bits per heavy atom. The number of nitrogens with two attached hydrogens (primary N) is 1. The van der Waals surface area contributed by atoms with Gasteiger partial charge in [0, 0.05) is 18.8 Å². The lowest BCUT2D eigenvalue weighted by molar-refractivity contribution is 0.220. The van der Waals surface area contributed by atoms with Crippen LogP contribution in [0.1, 0.15) is 20.3 Å². The Kier molecular flexibility index (Phi) is 4.44. The molecule has 0 aromatic heterocycles.